The zero-order valence-corrected chi connectivity index (χ0v) is 12.7. The van der Waals surface area contributed by atoms with Gasteiger partial charge in [-0.1, -0.05) is 6.92 Å². The fraction of sp³-hybridized carbons (Fsp3) is 1.00. The molecule has 0 saturated heterocycles. The SMILES string of the molecule is CCC(C)N(C)CCNCCS(=O)(=O)C(C)C. The van der Waals surface area contributed by atoms with Gasteiger partial charge in [-0.05, 0) is 34.2 Å². The van der Waals surface area contributed by atoms with Gasteiger partial charge >= 0.3 is 0 Å². The number of hydrogen-bond donors (Lipinski definition) is 1. The Balaban J connectivity index is 3.67. The number of nitrogens with one attached hydrogen (secondary N) is 1. The highest BCUT2D eigenvalue weighted by Gasteiger charge is 2.14. The van der Waals surface area contributed by atoms with Gasteiger partial charge < -0.3 is 10.2 Å². The molecule has 104 valence electrons. The lowest BCUT2D eigenvalue weighted by atomic mass is 10.2. The van der Waals surface area contributed by atoms with E-state index in [9.17, 15) is 8.42 Å². The lowest BCUT2D eigenvalue weighted by molar-refractivity contribution is 0.252. The second-order valence-corrected chi connectivity index (χ2v) is 7.58. The standard InChI is InChI=1S/C12H28N2O2S/c1-6-12(4)14(5)9-7-13-8-10-17(15,16)11(2)3/h11-13H,6-10H2,1-5H3. The Morgan fingerprint density at radius 2 is 1.76 bits per heavy atom. The fourth-order valence-electron chi connectivity index (χ4n) is 1.36. The van der Waals surface area contributed by atoms with Gasteiger partial charge in [-0.3, -0.25) is 0 Å². The molecule has 0 fully saturated rings. The van der Waals surface area contributed by atoms with Crippen LogP contribution in [0.2, 0.25) is 0 Å². The third-order valence-corrected chi connectivity index (χ3v) is 5.48. The Hall–Kier alpha value is -0.130. The van der Waals surface area contributed by atoms with Gasteiger partial charge in [-0.15, -0.1) is 0 Å². The largest absolute Gasteiger partial charge is 0.314 e. The van der Waals surface area contributed by atoms with E-state index in [1.54, 1.807) is 13.8 Å². The first kappa shape index (κ1) is 16.9. The van der Waals surface area contributed by atoms with Crippen molar-refractivity contribution in [2.75, 3.05) is 32.4 Å². The minimum Gasteiger partial charge on any atom is -0.314 e. The Morgan fingerprint density at radius 3 is 2.24 bits per heavy atom. The van der Waals surface area contributed by atoms with Crippen molar-refractivity contribution in [1.82, 2.24) is 10.2 Å². The summed E-state index contributed by atoms with van der Waals surface area (Å²) in [6.45, 7) is 10.2. The van der Waals surface area contributed by atoms with Crippen molar-refractivity contribution in [1.29, 1.82) is 0 Å². The van der Waals surface area contributed by atoms with Gasteiger partial charge in [0.2, 0.25) is 0 Å². The van der Waals surface area contributed by atoms with Crippen LogP contribution in [0.5, 0.6) is 0 Å². The smallest absolute Gasteiger partial charge is 0.153 e. The quantitative estimate of drug-likeness (QED) is 0.634. The monoisotopic (exact) mass is 264 g/mol. The zero-order chi connectivity index (χ0) is 13.5. The van der Waals surface area contributed by atoms with Crippen LogP contribution in [0.4, 0.5) is 0 Å². The minimum absolute atomic E-state index is 0.234. The molecule has 0 aliphatic rings. The lowest BCUT2D eigenvalue weighted by Crippen LogP contribution is -2.36. The van der Waals surface area contributed by atoms with Crippen LogP contribution >= 0.6 is 0 Å². The molecule has 0 aromatic heterocycles. The summed E-state index contributed by atoms with van der Waals surface area (Å²) in [5.74, 6) is 0.234. The van der Waals surface area contributed by atoms with Gasteiger partial charge in [0.1, 0.15) is 0 Å². The van der Waals surface area contributed by atoms with E-state index in [0.717, 1.165) is 19.5 Å². The summed E-state index contributed by atoms with van der Waals surface area (Å²) in [4.78, 5) is 2.28. The zero-order valence-electron chi connectivity index (χ0n) is 11.9. The van der Waals surface area contributed by atoms with Crippen molar-refractivity contribution >= 4 is 9.84 Å². The molecule has 5 heteroatoms. The summed E-state index contributed by atoms with van der Waals surface area (Å²) in [5, 5.41) is 2.91. The highest BCUT2D eigenvalue weighted by atomic mass is 32.2. The van der Waals surface area contributed by atoms with Gasteiger partial charge in [-0.2, -0.15) is 0 Å². The van der Waals surface area contributed by atoms with Gasteiger partial charge in [0.15, 0.2) is 9.84 Å². The molecule has 1 unspecified atom stereocenters. The van der Waals surface area contributed by atoms with Crippen LogP contribution in [0, 0.1) is 0 Å². The van der Waals surface area contributed by atoms with Crippen LogP contribution in [-0.4, -0.2) is 57.0 Å². The molecular weight excluding hydrogens is 236 g/mol. The van der Waals surface area contributed by atoms with Crippen LogP contribution in [0.25, 0.3) is 0 Å². The molecule has 1 atom stereocenters. The molecule has 0 bridgehead atoms. The number of rotatable bonds is 9. The minimum atomic E-state index is -2.90. The Labute approximate surface area is 107 Å². The van der Waals surface area contributed by atoms with Gasteiger partial charge in [-0.25, -0.2) is 8.42 Å². The van der Waals surface area contributed by atoms with E-state index in [0.29, 0.717) is 12.6 Å². The molecule has 0 aliphatic carbocycles. The summed E-state index contributed by atoms with van der Waals surface area (Å²) < 4.78 is 23.1. The number of nitrogens with zero attached hydrogens (tertiary/aromatic N) is 1. The summed E-state index contributed by atoms with van der Waals surface area (Å²) in [6, 6.07) is 0.580. The second-order valence-electron chi connectivity index (χ2n) is 4.90. The molecule has 0 amide bonds. The van der Waals surface area contributed by atoms with E-state index in [-0.39, 0.29) is 11.0 Å². The topological polar surface area (TPSA) is 49.4 Å². The van der Waals surface area contributed by atoms with E-state index in [4.69, 9.17) is 0 Å². The highest BCUT2D eigenvalue weighted by molar-refractivity contribution is 7.92. The van der Waals surface area contributed by atoms with E-state index >= 15 is 0 Å². The molecule has 0 aromatic carbocycles. The van der Waals surface area contributed by atoms with E-state index in [1.165, 1.54) is 0 Å². The van der Waals surface area contributed by atoms with Gasteiger partial charge in [0.25, 0.3) is 0 Å². The second kappa shape index (κ2) is 8.06. The maximum atomic E-state index is 11.5. The normalized spacial score (nSPS) is 14.5. The molecule has 0 radical (unpaired) electrons. The first-order valence-corrected chi connectivity index (χ1v) is 8.15. The summed E-state index contributed by atoms with van der Waals surface area (Å²) in [6.07, 6.45) is 1.14. The van der Waals surface area contributed by atoms with E-state index in [1.807, 2.05) is 0 Å². The van der Waals surface area contributed by atoms with Crippen molar-refractivity contribution in [3.05, 3.63) is 0 Å². The maximum absolute atomic E-state index is 11.5. The molecule has 1 N–H and O–H groups in total. The maximum Gasteiger partial charge on any atom is 0.153 e. The molecule has 0 saturated carbocycles. The van der Waals surface area contributed by atoms with Gasteiger partial charge in [0, 0.05) is 25.7 Å². The van der Waals surface area contributed by atoms with Crippen molar-refractivity contribution in [3.8, 4) is 0 Å². The molecule has 0 spiro atoms. The Kier molecular flexibility index (Phi) is 8.00. The Morgan fingerprint density at radius 1 is 1.18 bits per heavy atom. The van der Waals surface area contributed by atoms with Crippen molar-refractivity contribution < 1.29 is 8.42 Å². The average molecular weight is 264 g/mol. The summed E-state index contributed by atoms with van der Waals surface area (Å²) >= 11 is 0. The average Bonchev–Trinajstić information content (AvgIpc) is 2.26. The van der Waals surface area contributed by atoms with Crippen molar-refractivity contribution in [2.24, 2.45) is 0 Å². The van der Waals surface area contributed by atoms with E-state index in [2.05, 4.69) is 31.1 Å². The lowest BCUT2D eigenvalue weighted by Gasteiger charge is -2.23. The van der Waals surface area contributed by atoms with Crippen LogP contribution < -0.4 is 5.32 Å². The first-order valence-electron chi connectivity index (χ1n) is 6.43. The fourth-order valence-corrected chi connectivity index (χ4v) is 2.26. The molecular formula is C12H28N2O2S. The van der Waals surface area contributed by atoms with Crippen molar-refractivity contribution in [3.63, 3.8) is 0 Å². The molecule has 4 nitrogen and oxygen atoms in total. The third-order valence-electron chi connectivity index (χ3n) is 3.27. The Bertz CT molecular complexity index is 289. The molecule has 17 heavy (non-hydrogen) atoms. The van der Waals surface area contributed by atoms with Crippen LogP contribution in [0.15, 0.2) is 0 Å². The van der Waals surface area contributed by atoms with Crippen LogP contribution in [0.3, 0.4) is 0 Å². The summed E-state index contributed by atoms with van der Waals surface area (Å²) in [7, 11) is -0.798. The van der Waals surface area contributed by atoms with Gasteiger partial charge in [0.05, 0.1) is 11.0 Å². The summed E-state index contributed by atoms with van der Waals surface area (Å²) in [5.41, 5.74) is 0. The number of hydrogen-bond acceptors (Lipinski definition) is 4. The predicted octanol–water partition coefficient (Wildman–Crippen LogP) is 1.13. The van der Waals surface area contributed by atoms with Crippen LogP contribution in [0.1, 0.15) is 34.1 Å². The number of sulfone groups is 1. The van der Waals surface area contributed by atoms with Crippen molar-refractivity contribution in [2.45, 2.75) is 45.4 Å². The molecule has 0 aliphatic heterocycles. The molecule has 0 rings (SSSR count). The third kappa shape index (κ3) is 7.01. The predicted molar refractivity (Wildman–Crippen MR) is 74.2 cm³/mol. The molecule has 0 aromatic rings. The van der Waals surface area contributed by atoms with Crippen LogP contribution in [-0.2, 0) is 9.84 Å². The van der Waals surface area contributed by atoms with E-state index < -0.39 is 9.84 Å². The molecule has 0 heterocycles. The number of likely N-dealkylation sites (N-methyl/N-ethyl adjacent to an activating group) is 1. The first-order chi connectivity index (χ1) is 7.81. The highest BCUT2D eigenvalue weighted by Crippen LogP contribution is 2.00.